The quantitative estimate of drug-likeness (QED) is 0.385. The molecule has 1 aliphatic heterocycles. The minimum Gasteiger partial charge on any atom is -0.493 e. The van der Waals surface area contributed by atoms with Gasteiger partial charge in [0.25, 0.3) is 0 Å². The second kappa shape index (κ2) is 12.7. The molecular formula is C25H35N3O8S2. The van der Waals surface area contributed by atoms with Crippen molar-refractivity contribution < 1.29 is 35.8 Å². The van der Waals surface area contributed by atoms with Crippen LogP contribution in [0.25, 0.3) is 0 Å². The van der Waals surface area contributed by atoms with Crippen LogP contribution in [0.5, 0.6) is 17.2 Å². The molecule has 0 bridgehead atoms. The fourth-order valence-corrected chi connectivity index (χ4v) is 6.91. The zero-order valence-corrected chi connectivity index (χ0v) is 23.7. The van der Waals surface area contributed by atoms with E-state index in [1.165, 1.54) is 49.7 Å². The molecule has 1 amide bonds. The number of ether oxygens (including phenoxy) is 3. The predicted molar refractivity (Wildman–Crippen MR) is 144 cm³/mol. The summed E-state index contributed by atoms with van der Waals surface area (Å²) in [6.45, 7) is 2.75. The number of sulfonamides is 2. The molecule has 38 heavy (non-hydrogen) atoms. The number of carbonyl (C=O) groups is 1. The highest BCUT2D eigenvalue weighted by Crippen LogP contribution is 2.33. The summed E-state index contributed by atoms with van der Waals surface area (Å²) in [5.74, 6) is 0.690. The summed E-state index contributed by atoms with van der Waals surface area (Å²) >= 11 is 0. The molecular weight excluding hydrogens is 534 g/mol. The second-order valence-electron chi connectivity index (χ2n) is 8.85. The van der Waals surface area contributed by atoms with Crippen LogP contribution in [-0.4, -0.2) is 79.8 Å². The molecule has 0 aliphatic carbocycles. The minimum atomic E-state index is -3.81. The van der Waals surface area contributed by atoms with Crippen molar-refractivity contribution in [3.8, 4) is 17.2 Å². The zero-order chi connectivity index (χ0) is 27.9. The summed E-state index contributed by atoms with van der Waals surface area (Å²) in [5.41, 5.74) is 0.253. The van der Waals surface area contributed by atoms with E-state index in [-0.39, 0.29) is 23.7 Å². The number of nitrogens with one attached hydrogen (secondary N) is 1. The van der Waals surface area contributed by atoms with Gasteiger partial charge in [0, 0.05) is 19.2 Å². The van der Waals surface area contributed by atoms with Gasteiger partial charge in [0.15, 0.2) is 11.5 Å². The van der Waals surface area contributed by atoms with Gasteiger partial charge in [-0.2, -0.15) is 4.31 Å². The number of methoxy groups -OCH3 is 2. The molecule has 0 unspecified atom stereocenters. The third-order valence-electron chi connectivity index (χ3n) is 6.16. The molecule has 0 radical (unpaired) electrons. The monoisotopic (exact) mass is 569 g/mol. The molecule has 2 aromatic carbocycles. The van der Waals surface area contributed by atoms with Gasteiger partial charge in [0.05, 0.1) is 37.6 Å². The van der Waals surface area contributed by atoms with Crippen molar-refractivity contribution in [3.05, 3.63) is 42.5 Å². The summed E-state index contributed by atoms with van der Waals surface area (Å²) in [7, 11) is -4.43. The Morgan fingerprint density at radius 3 is 2.18 bits per heavy atom. The maximum absolute atomic E-state index is 12.8. The first kappa shape index (κ1) is 29.5. The highest BCUT2D eigenvalue weighted by Gasteiger charge is 2.30. The summed E-state index contributed by atoms with van der Waals surface area (Å²) in [6, 6.07) is 9.69. The first-order valence-corrected chi connectivity index (χ1v) is 15.5. The second-order valence-corrected chi connectivity index (χ2v) is 12.6. The number of hydrogen-bond donors (Lipinski definition) is 1. The molecule has 1 N–H and O–H groups in total. The molecule has 1 heterocycles. The first-order chi connectivity index (χ1) is 18.0. The first-order valence-electron chi connectivity index (χ1n) is 12.2. The Labute approximate surface area is 224 Å². The number of benzene rings is 2. The average Bonchev–Trinajstić information content (AvgIpc) is 2.90. The minimum absolute atomic E-state index is 0.103. The smallest absolute Gasteiger partial charge is 0.243 e. The lowest BCUT2D eigenvalue weighted by Gasteiger charge is -2.28. The van der Waals surface area contributed by atoms with Crippen LogP contribution in [0.3, 0.4) is 0 Å². The molecule has 1 fully saturated rings. The average molecular weight is 570 g/mol. The van der Waals surface area contributed by atoms with Crippen molar-refractivity contribution in [3.63, 3.8) is 0 Å². The molecule has 2 aromatic rings. The van der Waals surface area contributed by atoms with Crippen LogP contribution in [0.1, 0.15) is 26.2 Å². The summed E-state index contributed by atoms with van der Waals surface area (Å²) in [6.07, 6.45) is 3.78. The molecule has 1 saturated heterocycles. The van der Waals surface area contributed by atoms with Gasteiger partial charge >= 0.3 is 0 Å². The van der Waals surface area contributed by atoms with E-state index in [9.17, 15) is 21.6 Å². The predicted octanol–water partition coefficient (Wildman–Crippen LogP) is 2.23. The van der Waals surface area contributed by atoms with E-state index in [1.54, 1.807) is 18.2 Å². The van der Waals surface area contributed by atoms with Crippen LogP contribution in [0.4, 0.5) is 5.69 Å². The summed E-state index contributed by atoms with van der Waals surface area (Å²) < 4.78 is 69.2. The fraction of sp³-hybridized carbons (Fsp3) is 0.480. The molecule has 210 valence electrons. The Morgan fingerprint density at radius 2 is 1.61 bits per heavy atom. The number of nitrogens with zero attached hydrogens (tertiary/aromatic N) is 2. The van der Waals surface area contributed by atoms with E-state index in [4.69, 9.17) is 14.2 Å². The van der Waals surface area contributed by atoms with Crippen molar-refractivity contribution in [2.24, 2.45) is 0 Å². The molecule has 13 heteroatoms. The summed E-state index contributed by atoms with van der Waals surface area (Å²) in [4.78, 5) is 13.0. The van der Waals surface area contributed by atoms with Crippen molar-refractivity contribution in [2.75, 3.05) is 51.0 Å². The fourth-order valence-electron chi connectivity index (χ4n) is 4.22. The van der Waals surface area contributed by atoms with Crippen LogP contribution < -0.4 is 23.8 Å². The van der Waals surface area contributed by atoms with E-state index >= 15 is 0 Å². The van der Waals surface area contributed by atoms with Gasteiger partial charge in [-0.25, -0.2) is 16.8 Å². The lowest BCUT2D eigenvalue weighted by molar-refractivity contribution is -0.121. The van der Waals surface area contributed by atoms with Crippen LogP contribution in [0.2, 0.25) is 0 Å². The lowest BCUT2D eigenvalue weighted by atomic mass is 10.2. The Balaban J connectivity index is 1.57. The van der Waals surface area contributed by atoms with Crippen LogP contribution in [0.15, 0.2) is 47.4 Å². The van der Waals surface area contributed by atoms with Gasteiger partial charge in [-0.3, -0.25) is 9.10 Å². The maximum Gasteiger partial charge on any atom is 0.243 e. The van der Waals surface area contributed by atoms with Crippen LogP contribution >= 0.6 is 0 Å². The van der Waals surface area contributed by atoms with Crippen LogP contribution in [0, 0.1) is 0 Å². The number of anilines is 1. The van der Waals surface area contributed by atoms with Gasteiger partial charge in [-0.15, -0.1) is 0 Å². The summed E-state index contributed by atoms with van der Waals surface area (Å²) in [5, 5.41) is 2.68. The number of amides is 1. The normalized spacial score (nSPS) is 15.4. The van der Waals surface area contributed by atoms with E-state index in [0.717, 1.165) is 29.8 Å². The Bertz CT molecular complexity index is 1310. The highest BCUT2D eigenvalue weighted by molar-refractivity contribution is 7.92. The largest absolute Gasteiger partial charge is 0.493 e. The molecule has 1 aliphatic rings. The topological polar surface area (TPSA) is 132 Å². The highest BCUT2D eigenvalue weighted by atomic mass is 32.2. The number of carbonyl (C=O) groups excluding carboxylic acids is 1. The molecule has 0 saturated carbocycles. The van der Waals surface area contributed by atoms with Gasteiger partial charge in [0.2, 0.25) is 26.0 Å². The van der Waals surface area contributed by atoms with Gasteiger partial charge in [-0.1, -0.05) is 6.42 Å². The standard InChI is InChI=1S/C25H35N3O8S2/c1-19(28(37(4,30)31)20-8-13-23(34-2)24(18-20)35-3)25(29)26-14-17-36-21-9-11-22(12-10-21)38(32,33)27-15-6-5-7-16-27/h8-13,18-19H,5-7,14-17H2,1-4H3,(H,26,29)/t19-/m0/s1. The van der Waals surface area contributed by atoms with Crippen molar-refractivity contribution in [1.82, 2.24) is 9.62 Å². The lowest BCUT2D eigenvalue weighted by Crippen LogP contribution is -2.48. The molecule has 11 nitrogen and oxygen atoms in total. The Morgan fingerprint density at radius 1 is 0.974 bits per heavy atom. The number of rotatable bonds is 12. The van der Waals surface area contributed by atoms with Crippen molar-refractivity contribution in [1.29, 1.82) is 0 Å². The van der Waals surface area contributed by atoms with Gasteiger partial charge in [0.1, 0.15) is 18.4 Å². The van der Waals surface area contributed by atoms with E-state index in [0.29, 0.717) is 30.3 Å². The van der Waals surface area contributed by atoms with Crippen molar-refractivity contribution >= 4 is 31.6 Å². The molecule has 3 rings (SSSR count). The number of hydrogen-bond acceptors (Lipinski definition) is 8. The van der Waals surface area contributed by atoms with E-state index in [1.807, 2.05) is 0 Å². The molecule has 0 aromatic heterocycles. The SMILES string of the molecule is COc1ccc(N([C@@H](C)C(=O)NCCOc2ccc(S(=O)(=O)N3CCCCC3)cc2)S(C)(=O)=O)cc1OC. The Kier molecular flexibility index (Phi) is 9.85. The van der Waals surface area contributed by atoms with Gasteiger partial charge in [-0.05, 0) is 56.2 Å². The third kappa shape index (κ3) is 7.08. The van der Waals surface area contributed by atoms with E-state index < -0.39 is 32.0 Å². The van der Waals surface area contributed by atoms with Crippen molar-refractivity contribution in [2.45, 2.75) is 37.1 Å². The maximum atomic E-state index is 12.8. The number of piperidine rings is 1. The molecule has 0 spiro atoms. The van der Waals surface area contributed by atoms with Crippen LogP contribution in [-0.2, 0) is 24.8 Å². The van der Waals surface area contributed by atoms with E-state index in [2.05, 4.69) is 5.32 Å². The third-order valence-corrected chi connectivity index (χ3v) is 9.31. The zero-order valence-electron chi connectivity index (χ0n) is 22.0. The van der Waals surface area contributed by atoms with Gasteiger partial charge < -0.3 is 19.5 Å². The Hall–Kier alpha value is -3.03. The molecule has 1 atom stereocenters.